The highest BCUT2D eigenvalue weighted by Gasteiger charge is 2.58. The Hall–Kier alpha value is -0.630. The molecule has 21 heavy (non-hydrogen) atoms. The van der Waals surface area contributed by atoms with Crippen molar-refractivity contribution in [3.05, 3.63) is 11.6 Å². The third-order valence-electron chi connectivity index (χ3n) is 7.91. The number of fused-ring (bicyclic) bond motifs is 5. The lowest BCUT2D eigenvalue weighted by Gasteiger charge is -2.57. The van der Waals surface area contributed by atoms with Crippen molar-refractivity contribution in [1.82, 2.24) is 0 Å². The zero-order valence-corrected chi connectivity index (χ0v) is 13.4. The summed E-state index contributed by atoms with van der Waals surface area (Å²) in [6.45, 7) is 4.76. The van der Waals surface area contributed by atoms with Crippen molar-refractivity contribution in [3.63, 3.8) is 0 Å². The third-order valence-corrected chi connectivity index (χ3v) is 7.91. The first kappa shape index (κ1) is 14.0. The van der Waals surface area contributed by atoms with Crippen molar-refractivity contribution in [2.45, 2.75) is 71.3 Å². The van der Waals surface area contributed by atoms with Gasteiger partial charge in [0.2, 0.25) is 0 Å². The minimum absolute atomic E-state index is 0.0823. The molecule has 3 fully saturated rings. The molecule has 0 unspecified atom stereocenters. The van der Waals surface area contributed by atoms with E-state index in [2.05, 4.69) is 13.8 Å². The summed E-state index contributed by atoms with van der Waals surface area (Å²) in [5, 5.41) is 10.4. The first-order valence-corrected chi connectivity index (χ1v) is 8.87. The van der Waals surface area contributed by atoms with Crippen molar-refractivity contribution < 1.29 is 9.90 Å². The number of carbonyl (C=O) groups is 1. The molecule has 0 aliphatic heterocycles. The maximum absolute atomic E-state index is 11.8. The van der Waals surface area contributed by atoms with E-state index in [9.17, 15) is 9.90 Å². The van der Waals surface area contributed by atoms with Crippen LogP contribution in [0.2, 0.25) is 0 Å². The van der Waals surface area contributed by atoms with Gasteiger partial charge in [-0.3, -0.25) is 4.79 Å². The Bertz CT molecular complexity index is 508. The normalized spacial score (nSPS) is 52.7. The molecule has 4 aliphatic rings. The number of aliphatic hydroxyl groups excluding tert-OH is 1. The number of ketones is 1. The number of rotatable bonds is 0. The van der Waals surface area contributed by atoms with Crippen LogP contribution >= 0.6 is 0 Å². The van der Waals surface area contributed by atoms with E-state index < -0.39 is 0 Å². The van der Waals surface area contributed by atoms with Crippen molar-refractivity contribution in [1.29, 1.82) is 0 Å². The van der Waals surface area contributed by atoms with Gasteiger partial charge < -0.3 is 5.11 Å². The minimum atomic E-state index is -0.0823. The van der Waals surface area contributed by atoms with Crippen LogP contribution in [-0.4, -0.2) is 17.0 Å². The molecule has 0 aromatic carbocycles. The number of allylic oxidation sites excluding steroid dienone is 1. The monoisotopic (exact) mass is 288 g/mol. The highest BCUT2D eigenvalue weighted by molar-refractivity contribution is 5.91. The van der Waals surface area contributed by atoms with Crippen LogP contribution in [0, 0.1) is 28.6 Å². The van der Waals surface area contributed by atoms with E-state index in [4.69, 9.17) is 0 Å². The van der Waals surface area contributed by atoms with Crippen molar-refractivity contribution >= 4 is 5.78 Å². The summed E-state index contributed by atoms with van der Waals surface area (Å²) >= 11 is 0. The largest absolute Gasteiger partial charge is 0.393 e. The maximum atomic E-state index is 11.8. The summed E-state index contributed by atoms with van der Waals surface area (Å²) in [7, 11) is 0. The van der Waals surface area contributed by atoms with Gasteiger partial charge in [-0.2, -0.15) is 0 Å². The lowest BCUT2D eigenvalue weighted by atomic mass is 9.47. The molecule has 0 aromatic heterocycles. The van der Waals surface area contributed by atoms with E-state index in [-0.39, 0.29) is 16.9 Å². The first-order chi connectivity index (χ1) is 9.95. The molecule has 0 saturated heterocycles. The number of hydrogen-bond acceptors (Lipinski definition) is 2. The zero-order chi connectivity index (χ0) is 14.8. The topological polar surface area (TPSA) is 37.3 Å². The molecule has 0 amide bonds. The zero-order valence-electron chi connectivity index (χ0n) is 13.4. The maximum Gasteiger partial charge on any atom is 0.155 e. The van der Waals surface area contributed by atoms with Crippen molar-refractivity contribution in [3.8, 4) is 0 Å². The van der Waals surface area contributed by atoms with Crippen LogP contribution in [0.1, 0.15) is 65.2 Å². The minimum Gasteiger partial charge on any atom is -0.393 e. The lowest BCUT2D eigenvalue weighted by Crippen LogP contribution is -2.51. The first-order valence-electron chi connectivity index (χ1n) is 8.87. The van der Waals surface area contributed by atoms with Gasteiger partial charge in [0, 0.05) is 6.42 Å². The van der Waals surface area contributed by atoms with Gasteiger partial charge in [0.15, 0.2) is 5.78 Å². The molecule has 4 rings (SSSR count). The molecule has 1 N–H and O–H groups in total. The average molecular weight is 288 g/mol. The van der Waals surface area contributed by atoms with Gasteiger partial charge in [-0.1, -0.05) is 19.4 Å². The molecule has 2 heteroatoms. The second kappa shape index (κ2) is 4.44. The summed E-state index contributed by atoms with van der Waals surface area (Å²) < 4.78 is 0. The van der Waals surface area contributed by atoms with E-state index in [0.717, 1.165) is 37.5 Å². The Labute approximate surface area is 128 Å². The molecule has 0 bridgehead atoms. The van der Waals surface area contributed by atoms with Crippen LogP contribution in [0.5, 0.6) is 0 Å². The molecule has 0 radical (unpaired) electrons. The molecule has 2 nitrogen and oxygen atoms in total. The Morgan fingerprint density at radius 2 is 1.86 bits per heavy atom. The molecule has 4 aliphatic carbocycles. The predicted octanol–water partition coefficient (Wildman–Crippen LogP) is 3.88. The Balaban J connectivity index is 1.69. The van der Waals surface area contributed by atoms with E-state index in [1.54, 1.807) is 0 Å². The molecule has 6 atom stereocenters. The molecule has 0 spiro atoms. The van der Waals surface area contributed by atoms with Gasteiger partial charge >= 0.3 is 0 Å². The van der Waals surface area contributed by atoms with E-state index in [1.807, 2.05) is 6.08 Å². The molecular weight excluding hydrogens is 260 g/mol. The summed E-state index contributed by atoms with van der Waals surface area (Å²) in [5.74, 6) is 2.57. The second-order valence-corrected chi connectivity index (χ2v) is 8.61. The van der Waals surface area contributed by atoms with Gasteiger partial charge in [-0.15, -0.1) is 0 Å². The number of aliphatic hydroxyl groups is 1. The lowest BCUT2D eigenvalue weighted by molar-refractivity contribution is -0.118. The van der Waals surface area contributed by atoms with Crippen LogP contribution in [0.4, 0.5) is 0 Å². The summed E-state index contributed by atoms with van der Waals surface area (Å²) in [6.07, 6.45) is 10.7. The number of carbonyl (C=O) groups excluding carboxylic acids is 1. The summed E-state index contributed by atoms with van der Waals surface area (Å²) in [6, 6.07) is 0. The number of hydrogen-bond donors (Lipinski definition) is 1. The Morgan fingerprint density at radius 1 is 1.05 bits per heavy atom. The quantitative estimate of drug-likeness (QED) is 0.734. The third kappa shape index (κ3) is 1.78. The SMILES string of the molecule is C[C@@]12CC[C@@H]3[C@H](CCC4=CC(=O)CC[C@]43C)[C@H]1CC[C@@H]2O. The van der Waals surface area contributed by atoms with Crippen LogP contribution in [0.15, 0.2) is 11.6 Å². The van der Waals surface area contributed by atoms with Gasteiger partial charge in [-0.05, 0) is 79.6 Å². The molecule has 0 aromatic rings. The van der Waals surface area contributed by atoms with Crippen LogP contribution in [0.3, 0.4) is 0 Å². The average Bonchev–Trinajstić information content (AvgIpc) is 2.76. The van der Waals surface area contributed by atoms with Gasteiger partial charge in [0.25, 0.3) is 0 Å². The van der Waals surface area contributed by atoms with E-state index in [0.29, 0.717) is 11.7 Å². The fraction of sp³-hybridized carbons (Fsp3) is 0.842. The predicted molar refractivity (Wildman–Crippen MR) is 82.7 cm³/mol. The van der Waals surface area contributed by atoms with Crippen molar-refractivity contribution in [2.75, 3.05) is 0 Å². The van der Waals surface area contributed by atoms with Gasteiger partial charge in [0.1, 0.15) is 0 Å². The van der Waals surface area contributed by atoms with Crippen LogP contribution in [-0.2, 0) is 4.79 Å². The Morgan fingerprint density at radius 3 is 2.67 bits per heavy atom. The molecule has 0 heterocycles. The van der Waals surface area contributed by atoms with E-state index in [1.165, 1.54) is 31.3 Å². The highest BCUT2D eigenvalue weighted by atomic mass is 16.3. The highest BCUT2D eigenvalue weighted by Crippen LogP contribution is 2.65. The fourth-order valence-corrected chi connectivity index (χ4v) is 6.53. The second-order valence-electron chi connectivity index (χ2n) is 8.61. The van der Waals surface area contributed by atoms with Crippen LogP contribution in [0.25, 0.3) is 0 Å². The standard InChI is InChI=1S/C19H28O2/c1-18-9-7-13(20)11-12(18)3-4-14-15-5-6-17(21)19(15,2)10-8-16(14)18/h11,14-17,21H,3-10H2,1-2H3/t14-,15-,16-,17+,18-,19-/m1/s1. The molecule has 3 saturated carbocycles. The van der Waals surface area contributed by atoms with Crippen molar-refractivity contribution in [2.24, 2.45) is 28.6 Å². The van der Waals surface area contributed by atoms with Gasteiger partial charge in [-0.25, -0.2) is 0 Å². The van der Waals surface area contributed by atoms with Gasteiger partial charge in [0.05, 0.1) is 6.10 Å². The molecule has 116 valence electrons. The Kier molecular flexibility index (Phi) is 2.96. The fourth-order valence-electron chi connectivity index (χ4n) is 6.53. The van der Waals surface area contributed by atoms with E-state index >= 15 is 0 Å². The summed E-state index contributed by atoms with van der Waals surface area (Å²) in [4.78, 5) is 11.8. The molecular formula is C19H28O2. The summed E-state index contributed by atoms with van der Waals surface area (Å²) in [5.41, 5.74) is 1.89. The smallest absolute Gasteiger partial charge is 0.155 e. The van der Waals surface area contributed by atoms with Crippen LogP contribution < -0.4 is 0 Å².